The molecule has 172 valence electrons. The van der Waals surface area contributed by atoms with Crippen molar-refractivity contribution in [3.8, 4) is 0 Å². The molecule has 0 fully saturated rings. The van der Waals surface area contributed by atoms with Gasteiger partial charge in [0.15, 0.2) is 0 Å². The number of fused-ring (bicyclic) bond motifs is 1. The third kappa shape index (κ3) is 4.63. The molecular formula is C25H22N4O5. The van der Waals surface area contributed by atoms with E-state index in [1.807, 2.05) is 0 Å². The number of esters is 1. The van der Waals surface area contributed by atoms with Crippen molar-refractivity contribution in [3.63, 3.8) is 0 Å². The summed E-state index contributed by atoms with van der Waals surface area (Å²) in [6, 6.07) is 16.4. The first kappa shape index (κ1) is 22.7. The first-order valence-electron chi connectivity index (χ1n) is 10.6. The number of rotatable bonds is 5. The van der Waals surface area contributed by atoms with Crippen molar-refractivity contribution >= 4 is 40.8 Å². The quantitative estimate of drug-likeness (QED) is 0.566. The summed E-state index contributed by atoms with van der Waals surface area (Å²) in [6.07, 6.45) is 0. The Morgan fingerprint density at radius 3 is 2.50 bits per heavy atom. The van der Waals surface area contributed by atoms with Crippen LogP contribution in [0.1, 0.15) is 43.8 Å². The highest BCUT2D eigenvalue weighted by Gasteiger charge is 2.27. The molecule has 0 unspecified atom stereocenters. The van der Waals surface area contributed by atoms with Gasteiger partial charge < -0.3 is 15.4 Å². The zero-order chi connectivity index (χ0) is 24.2. The van der Waals surface area contributed by atoms with E-state index >= 15 is 0 Å². The molecule has 0 saturated carbocycles. The summed E-state index contributed by atoms with van der Waals surface area (Å²) in [6.45, 7) is 3.50. The van der Waals surface area contributed by atoms with Gasteiger partial charge in [-0.05, 0) is 62.4 Å². The molecule has 3 amide bonds. The van der Waals surface area contributed by atoms with E-state index < -0.39 is 11.9 Å². The van der Waals surface area contributed by atoms with Crippen molar-refractivity contribution in [2.75, 3.05) is 28.7 Å². The first-order valence-corrected chi connectivity index (χ1v) is 10.6. The molecule has 9 nitrogen and oxygen atoms in total. The molecule has 1 aromatic heterocycles. The minimum atomic E-state index is -0.492. The number of amides is 3. The van der Waals surface area contributed by atoms with Crippen LogP contribution in [0.15, 0.2) is 60.7 Å². The zero-order valence-corrected chi connectivity index (χ0v) is 18.6. The number of para-hydroxylation sites is 2. The van der Waals surface area contributed by atoms with Crippen molar-refractivity contribution in [2.24, 2.45) is 0 Å². The maximum Gasteiger partial charge on any atom is 0.339 e. The smallest absolute Gasteiger partial charge is 0.339 e. The van der Waals surface area contributed by atoms with Crippen LogP contribution < -0.4 is 15.5 Å². The predicted molar refractivity (Wildman–Crippen MR) is 126 cm³/mol. The van der Waals surface area contributed by atoms with Crippen molar-refractivity contribution in [1.82, 2.24) is 4.98 Å². The number of ether oxygens (including phenoxy) is 1. The lowest BCUT2D eigenvalue weighted by Gasteiger charge is -2.29. The number of pyridine rings is 1. The van der Waals surface area contributed by atoms with Crippen LogP contribution in [-0.2, 0) is 9.53 Å². The summed E-state index contributed by atoms with van der Waals surface area (Å²) in [5.41, 5.74) is 2.86. The summed E-state index contributed by atoms with van der Waals surface area (Å²) < 4.78 is 4.97. The highest BCUT2D eigenvalue weighted by atomic mass is 16.5. The van der Waals surface area contributed by atoms with Gasteiger partial charge in [-0.2, -0.15) is 0 Å². The monoisotopic (exact) mass is 458 g/mol. The number of benzene rings is 2. The second-order valence-corrected chi connectivity index (χ2v) is 7.54. The molecule has 3 aromatic rings. The van der Waals surface area contributed by atoms with E-state index in [-0.39, 0.29) is 30.7 Å². The minimum Gasteiger partial charge on any atom is -0.462 e. The standard InChI is InChI=1S/C25H22N4O5/c1-3-34-25(33)18-12-13-20(26-15(18)2)23(31)27-17-10-8-16(9-11-17)24(32)29-14-22(30)28-19-6-4-5-7-21(19)29/h4-13H,3,14H2,1-2H3,(H,27,31)(H,28,30). The average Bonchev–Trinajstić information content (AvgIpc) is 2.83. The van der Waals surface area contributed by atoms with Crippen LogP contribution in [0.4, 0.5) is 17.1 Å². The summed E-state index contributed by atoms with van der Waals surface area (Å²) in [5.74, 6) is -1.55. The fourth-order valence-electron chi connectivity index (χ4n) is 3.57. The summed E-state index contributed by atoms with van der Waals surface area (Å²) in [4.78, 5) is 55.2. The number of anilines is 3. The van der Waals surface area contributed by atoms with Crippen molar-refractivity contribution in [3.05, 3.63) is 83.2 Å². The molecule has 0 aliphatic carbocycles. The molecule has 0 bridgehead atoms. The molecule has 1 aliphatic heterocycles. The largest absolute Gasteiger partial charge is 0.462 e. The van der Waals surface area contributed by atoms with Gasteiger partial charge in [0.25, 0.3) is 11.8 Å². The van der Waals surface area contributed by atoms with Gasteiger partial charge in [0.2, 0.25) is 5.91 Å². The van der Waals surface area contributed by atoms with Crippen LogP contribution in [0.5, 0.6) is 0 Å². The summed E-state index contributed by atoms with van der Waals surface area (Å²) >= 11 is 0. The molecule has 1 aliphatic rings. The topological polar surface area (TPSA) is 118 Å². The molecule has 0 saturated heterocycles. The molecular weight excluding hydrogens is 436 g/mol. The van der Waals surface area contributed by atoms with Crippen LogP contribution >= 0.6 is 0 Å². The van der Waals surface area contributed by atoms with Crippen LogP contribution in [0.3, 0.4) is 0 Å². The molecule has 2 N–H and O–H groups in total. The van der Waals surface area contributed by atoms with E-state index in [1.165, 1.54) is 17.0 Å². The maximum absolute atomic E-state index is 13.0. The van der Waals surface area contributed by atoms with E-state index in [9.17, 15) is 19.2 Å². The van der Waals surface area contributed by atoms with Crippen molar-refractivity contribution < 1.29 is 23.9 Å². The van der Waals surface area contributed by atoms with Gasteiger partial charge in [-0.3, -0.25) is 19.3 Å². The molecule has 2 aromatic carbocycles. The lowest BCUT2D eigenvalue weighted by molar-refractivity contribution is -0.115. The van der Waals surface area contributed by atoms with Crippen molar-refractivity contribution in [2.45, 2.75) is 13.8 Å². The van der Waals surface area contributed by atoms with Gasteiger partial charge >= 0.3 is 5.97 Å². The van der Waals surface area contributed by atoms with E-state index in [2.05, 4.69) is 15.6 Å². The van der Waals surface area contributed by atoms with Gasteiger partial charge in [0.1, 0.15) is 12.2 Å². The van der Waals surface area contributed by atoms with Crippen LogP contribution in [0.25, 0.3) is 0 Å². The van der Waals surface area contributed by atoms with Gasteiger partial charge in [-0.1, -0.05) is 12.1 Å². The number of nitrogens with zero attached hydrogens (tertiary/aromatic N) is 2. The Bertz CT molecular complexity index is 1290. The second-order valence-electron chi connectivity index (χ2n) is 7.54. The maximum atomic E-state index is 13.0. The molecule has 9 heteroatoms. The lowest BCUT2D eigenvalue weighted by atomic mass is 10.1. The van der Waals surface area contributed by atoms with Crippen LogP contribution in [-0.4, -0.2) is 41.8 Å². The number of hydrogen-bond donors (Lipinski definition) is 2. The van der Waals surface area contributed by atoms with E-state index in [0.717, 1.165) is 0 Å². The predicted octanol–water partition coefficient (Wildman–Crippen LogP) is 3.42. The van der Waals surface area contributed by atoms with E-state index in [1.54, 1.807) is 62.4 Å². The van der Waals surface area contributed by atoms with Gasteiger partial charge in [-0.15, -0.1) is 0 Å². The average molecular weight is 458 g/mol. The Hall–Kier alpha value is -4.53. The Balaban J connectivity index is 1.47. The fourth-order valence-corrected chi connectivity index (χ4v) is 3.57. The minimum absolute atomic E-state index is 0.0822. The Kier molecular flexibility index (Phi) is 6.35. The molecule has 2 heterocycles. The third-order valence-electron chi connectivity index (χ3n) is 5.22. The van der Waals surface area contributed by atoms with Gasteiger partial charge in [0.05, 0.1) is 29.2 Å². The van der Waals surface area contributed by atoms with Crippen LogP contribution in [0.2, 0.25) is 0 Å². The number of aryl methyl sites for hydroxylation is 1. The lowest BCUT2D eigenvalue weighted by Crippen LogP contribution is -2.42. The molecule has 0 atom stereocenters. The number of carbonyl (C=O) groups excluding carboxylic acids is 4. The SMILES string of the molecule is CCOC(=O)c1ccc(C(=O)Nc2ccc(C(=O)N3CC(=O)Nc4ccccc43)cc2)nc1C. The molecule has 4 rings (SSSR count). The van der Waals surface area contributed by atoms with Gasteiger partial charge in [-0.25, -0.2) is 9.78 Å². The zero-order valence-electron chi connectivity index (χ0n) is 18.6. The summed E-state index contributed by atoms with van der Waals surface area (Å²) in [5, 5.41) is 5.47. The van der Waals surface area contributed by atoms with E-state index in [4.69, 9.17) is 4.74 Å². The number of aromatic nitrogens is 1. The second kappa shape index (κ2) is 9.53. The fraction of sp³-hybridized carbons (Fsp3) is 0.160. The Morgan fingerprint density at radius 1 is 1.06 bits per heavy atom. The highest BCUT2D eigenvalue weighted by molar-refractivity contribution is 6.15. The molecule has 0 radical (unpaired) electrons. The third-order valence-corrected chi connectivity index (χ3v) is 5.22. The molecule has 34 heavy (non-hydrogen) atoms. The highest BCUT2D eigenvalue weighted by Crippen LogP contribution is 2.30. The number of carbonyl (C=O) groups is 4. The van der Waals surface area contributed by atoms with Crippen LogP contribution in [0, 0.1) is 6.92 Å². The molecule has 0 spiro atoms. The Labute approximate surface area is 195 Å². The number of hydrogen-bond acceptors (Lipinski definition) is 6. The first-order chi connectivity index (χ1) is 16.4. The Morgan fingerprint density at radius 2 is 1.79 bits per heavy atom. The summed E-state index contributed by atoms with van der Waals surface area (Å²) in [7, 11) is 0. The van der Waals surface area contributed by atoms with Crippen molar-refractivity contribution in [1.29, 1.82) is 0 Å². The van der Waals surface area contributed by atoms with Gasteiger partial charge in [0, 0.05) is 11.3 Å². The number of nitrogens with one attached hydrogen (secondary N) is 2. The normalized spacial score (nSPS) is 12.4. The van der Waals surface area contributed by atoms with E-state index in [0.29, 0.717) is 33.9 Å².